The predicted octanol–water partition coefficient (Wildman–Crippen LogP) is 4.57. The van der Waals surface area contributed by atoms with E-state index in [0.29, 0.717) is 17.4 Å². The monoisotopic (exact) mass is 497 g/mol. The molecule has 0 aliphatic carbocycles. The maximum absolute atomic E-state index is 12.8. The third kappa shape index (κ3) is 5.30. The molecule has 176 valence electrons. The van der Waals surface area contributed by atoms with E-state index < -0.39 is 5.69 Å². The van der Waals surface area contributed by atoms with Crippen LogP contribution in [0.3, 0.4) is 0 Å². The van der Waals surface area contributed by atoms with E-state index in [4.69, 9.17) is 28.6 Å². The summed E-state index contributed by atoms with van der Waals surface area (Å²) in [5.74, 6) is 0.310. The Morgan fingerprint density at radius 3 is 2.50 bits per heavy atom. The van der Waals surface area contributed by atoms with Gasteiger partial charge >= 0.3 is 5.69 Å². The van der Waals surface area contributed by atoms with E-state index in [9.17, 15) is 4.79 Å². The summed E-state index contributed by atoms with van der Waals surface area (Å²) in [5.41, 5.74) is 1.86. The molecule has 2 aromatic carbocycles. The fraction of sp³-hybridized carbons (Fsp3) is 0.250. The molecule has 4 N–H and O–H groups in total. The molecular weight excluding hydrogens is 473 g/mol. The van der Waals surface area contributed by atoms with Gasteiger partial charge in [0.2, 0.25) is 5.95 Å². The summed E-state index contributed by atoms with van der Waals surface area (Å²) in [6.45, 7) is 5.27. The van der Waals surface area contributed by atoms with Crippen molar-refractivity contribution < 1.29 is 0 Å². The summed E-state index contributed by atoms with van der Waals surface area (Å²) in [7, 11) is 0. The second-order valence-electron chi connectivity index (χ2n) is 8.17. The Morgan fingerprint density at radius 1 is 1.12 bits per heavy atom. The minimum absolute atomic E-state index is 0.114. The van der Waals surface area contributed by atoms with E-state index in [1.165, 1.54) is 11.8 Å². The van der Waals surface area contributed by atoms with Gasteiger partial charge in [-0.3, -0.25) is 10.4 Å². The normalized spacial score (nSPS) is 11.3. The fourth-order valence-electron chi connectivity index (χ4n) is 3.57. The number of aryl methyl sites for hydroxylation is 1. The Bertz CT molecular complexity index is 1410. The van der Waals surface area contributed by atoms with E-state index in [1.807, 2.05) is 12.1 Å². The molecular formula is C24H25Cl2N7O. The molecule has 2 aromatic heterocycles. The highest BCUT2D eigenvalue weighted by Crippen LogP contribution is 2.26. The third-order valence-corrected chi connectivity index (χ3v) is 5.87. The quantitative estimate of drug-likeness (QED) is 0.266. The first-order valence-corrected chi connectivity index (χ1v) is 11.7. The van der Waals surface area contributed by atoms with E-state index in [2.05, 4.69) is 51.6 Å². The summed E-state index contributed by atoms with van der Waals surface area (Å²) in [6.07, 6.45) is 3.55. The largest absolute Gasteiger partial charge is 0.333 e. The van der Waals surface area contributed by atoms with Gasteiger partial charge < -0.3 is 10.6 Å². The van der Waals surface area contributed by atoms with E-state index >= 15 is 0 Å². The summed E-state index contributed by atoms with van der Waals surface area (Å²) in [4.78, 5) is 24.2. The number of rotatable bonds is 8. The average Bonchev–Trinajstić information content (AvgIpc) is 2.79. The highest BCUT2D eigenvalue weighted by Gasteiger charge is 2.15. The van der Waals surface area contributed by atoms with Crippen LogP contribution in [-0.2, 0) is 6.42 Å². The van der Waals surface area contributed by atoms with Crippen molar-refractivity contribution in [3.05, 3.63) is 80.2 Å². The Hall–Kier alpha value is -3.20. The van der Waals surface area contributed by atoms with Gasteiger partial charge in [-0.25, -0.2) is 14.3 Å². The minimum atomic E-state index is -0.576. The van der Waals surface area contributed by atoms with Gasteiger partial charge in [-0.15, -0.1) is 0 Å². The summed E-state index contributed by atoms with van der Waals surface area (Å²) in [5, 5.41) is 16.0. The average molecular weight is 498 g/mol. The molecule has 0 unspecified atom stereocenters. The first kappa shape index (κ1) is 23.9. The number of hydrogen-bond donors (Lipinski definition) is 4. The lowest BCUT2D eigenvalue weighted by molar-refractivity contribution is 0.570. The molecule has 0 amide bonds. The maximum atomic E-state index is 12.8. The number of nitrogens with one attached hydrogen (secondary N) is 4. The lowest BCUT2D eigenvalue weighted by Gasteiger charge is -2.12. The molecule has 0 spiro atoms. The highest BCUT2D eigenvalue weighted by atomic mass is 35.5. The SMILES string of the molecule is CC(C)NCCCc1ccc(Nc2ncc3c(=N)n(-c4c(Cl)cccc4Cl)c(=O)[nH]c3n2)cc1. The molecule has 2 heterocycles. The standard InChI is InChI=1S/C24H25Cl2N7O/c1-14(2)28-12-4-5-15-8-10-16(11-9-15)30-23-29-13-17-21(27)33(24(34)32-22(17)31-23)20-18(25)6-3-7-19(20)26/h3,6-11,13-14,27-28H,4-5,12H2,1-2H3,(H2,29,30,31,32,34). The van der Waals surface area contributed by atoms with Crippen LogP contribution in [0.15, 0.2) is 53.5 Å². The van der Waals surface area contributed by atoms with Crippen molar-refractivity contribution >= 4 is 45.9 Å². The number of hydrogen-bond acceptors (Lipinski definition) is 6. The number of para-hydroxylation sites is 1. The maximum Gasteiger partial charge on any atom is 0.333 e. The predicted molar refractivity (Wildman–Crippen MR) is 137 cm³/mol. The summed E-state index contributed by atoms with van der Waals surface area (Å²) < 4.78 is 1.11. The zero-order valence-corrected chi connectivity index (χ0v) is 20.3. The molecule has 0 aliphatic rings. The summed E-state index contributed by atoms with van der Waals surface area (Å²) >= 11 is 12.5. The van der Waals surface area contributed by atoms with Crippen LogP contribution in [0, 0.1) is 5.41 Å². The molecule has 4 aromatic rings. The molecule has 8 nitrogen and oxygen atoms in total. The van der Waals surface area contributed by atoms with Crippen molar-refractivity contribution in [2.75, 3.05) is 11.9 Å². The second-order valence-corrected chi connectivity index (χ2v) is 8.99. The zero-order chi connectivity index (χ0) is 24.2. The van der Waals surface area contributed by atoms with Gasteiger partial charge in [-0.1, -0.05) is 55.2 Å². The first-order chi connectivity index (χ1) is 16.3. The van der Waals surface area contributed by atoms with E-state index in [0.717, 1.165) is 29.6 Å². The van der Waals surface area contributed by atoms with Crippen LogP contribution in [0.1, 0.15) is 25.8 Å². The Kier molecular flexibility index (Phi) is 7.31. The van der Waals surface area contributed by atoms with Gasteiger partial charge in [0.05, 0.1) is 21.1 Å². The van der Waals surface area contributed by atoms with Crippen LogP contribution in [0.5, 0.6) is 0 Å². The molecule has 4 rings (SSSR count). The molecule has 0 aliphatic heterocycles. The van der Waals surface area contributed by atoms with Gasteiger partial charge in [0.25, 0.3) is 0 Å². The fourth-order valence-corrected chi connectivity index (χ4v) is 4.14. The van der Waals surface area contributed by atoms with Gasteiger partial charge in [0, 0.05) is 17.9 Å². The number of halogens is 2. The molecule has 0 bridgehead atoms. The van der Waals surface area contributed by atoms with Crippen molar-refractivity contribution in [2.24, 2.45) is 0 Å². The molecule has 0 saturated carbocycles. The van der Waals surface area contributed by atoms with Gasteiger partial charge in [0.1, 0.15) is 5.49 Å². The van der Waals surface area contributed by atoms with Crippen LogP contribution in [0.2, 0.25) is 10.0 Å². The second kappa shape index (κ2) is 10.4. The molecule has 10 heteroatoms. The number of anilines is 2. The molecule has 0 atom stereocenters. The van der Waals surface area contributed by atoms with E-state index in [-0.39, 0.29) is 26.9 Å². The van der Waals surface area contributed by atoms with Gasteiger partial charge in [0.15, 0.2) is 5.65 Å². The number of aromatic nitrogens is 4. The third-order valence-electron chi connectivity index (χ3n) is 5.26. The highest BCUT2D eigenvalue weighted by molar-refractivity contribution is 6.37. The first-order valence-electron chi connectivity index (χ1n) is 10.9. The van der Waals surface area contributed by atoms with Crippen molar-refractivity contribution in [3.63, 3.8) is 0 Å². The number of H-pyrrole nitrogens is 1. The lowest BCUT2D eigenvalue weighted by atomic mass is 10.1. The smallest absolute Gasteiger partial charge is 0.324 e. The molecule has 0 fully saturated rings. The van der Waals surface area contributed by atoms with Crippen molar-refractivity contribution in [2.45, 2.75) is 32.7 Å². The van der Waals surface area contributed by atoms with Crippen molar-refractivity contribution in [1.29, 1.82) is 5.41 Å². The molecule has 34 heavy (non-hydrogen) atoms. The number of nitrogens with zero attached hydrogens (tertiary/aromatic N) is 3. The zero-order valence-electron chi connectivity index (χ0n) is 18.8. The van der Waals surface area contributed by atoms with Gasteiger partial charge in [-0.2, -0.15) is 4.98 Å². The van der Waals surface area contributed by atoms with Crippen LogP contribution in [0.4, 0.5) is 11.6 Å². The Morgan fingerprint density at radius 2 is 1.82 bits per heavy atom. The number of benzene rings is 2. The van der Waals surface area contributed by atoms with Crippen LogP contribution < -0.4 is 21.8 Å². The minimum Gasteiger partial charge on any atom is -0.324 e. The van der Waals surface area contributed by atoms with E-state index in [1.54, 1.807) is 18.2 Å². The molecule has 0 saturated heterocycles. The molecule has 0 radical (unpaired) electrons. The Labute approximate surface area is 206 Å². The summed E-state index contributed by atoms with van der Waals surface area (Å²) in [6, 6.07) is 13.5. The number of aromatic amines is 1. The Balaban J connectivity index is 1.56. The van der Waals surface area contributed by atoms with Crippen LogP contribution in [-0.4, -0.2) is 32.1 Å². The topological polar surface area (TPSA) is 111 Å². The van der Waals surface area contributed by atoms with Gasteiger partial charge in [-0.05, 0) is 49.2 Å². The lowest BCUT2D eigenvalue weighted by Crippen LogP contribution is -2.34. The van der Waals surface area contributed by atoms with Crippen molar-refractivity contribution in [3.8, 4) is 5.69 Å². The van der Waals surface area contributed by atoms with Crippen molar-refractivity contribution in [1.82, 2.24) is 24.8 Å². The van der Waals surface area contributed by atoms with Crippen LogP contribution >= 0.6 is 23.2 Å². The number of fused-ring (bicyclic) bond motifs is 1. The van der Waals surface area contributed by atoms with Crippen LogP contribution in [0.25, 0.3) is 16.7 Å².